The predicted octanol–water partition coefficient (Wildman–Crippen LogP) is 6.32. The summed E-state index contributed by atoms with van der Waals surface area (Å²) in [5.74, 6) is -0.349. The van der Waals surface area contributed by atoms with E-state index >= 15 is 0 Å². The van der Waals surface area contributed by atoms with Gasteiger partial charge in [-0.25, -0.2) is 4.98 Å². The fraction of sp³-hybridized carbons (Fsp3) is 0.0769. The third-order valence-electron chi connectivity index (χ3n) is 5.65. The summed E-state index contributed by atoms with van der Waals surface area (Å²) in [5.41, 5.74) is 5.22. The molecule has 0 saturated heterocycles. The highest BCUT2D eigenvalue weighted by molar-refractivity contribution is 7.22. The summed E-state index contributed by atoms with van der Waals surface area (Å²) in [6, 6.07) is 19.9. The first-order chi connectivity index (χ1) is 16.5. The molecule has 1 aliphatic heterocycles. The van der Waals surface area contributed by atoms with Gasteiger partial charge in [-0.15, -0.1) is 11.3 Å². The van der Waals surface area contributed by atoms with Crippen LogP contribution in [-0.2, 0) is 11.3 Å². The Bertz CT molecular complexity index is 1610. The number of carbonyl (C=O) groups is 2. The fourth-order valence-electron chi connectivity index (χ4n) is 4.10. The van der Waals surface area contributed by atoms with Gasteiger partial charge in [-0.2, -0.15) is 0 Å². The van der Waals surface area contributed by atoms with Crippen LogP contribution in [0.3, 0.4) is 0 Å². The van der Waals surface area contributed by atoms with Crippen molar-refractivity contribution in [1.82, 2.24) is 4.98 Å². The van der Waals surface area contributed by atoms with Crippen LogP contribution in [0.2, 0.25) is 0 Å². The first kappa shape index (κ1) is 20.7. The average Bonchev–Trinajstić information content (AvgIpc) is 3.54. The molecule has 5 aromatic rings. The van der Waals surface area contributed by atoms with E-state index in [2.05, 4.69) is 38.8 Å². The molecule has 2 N–H and O–H groups in total. The van der Waals surface area contributed by atoms with Crippen LogP contribution in [0.15, 0.2) is 65.7 Å². The molecule has 0 unspecified atom stereocenters. The molecule has 2 amide bonds. The van der Waals surface area contributed by atoms with Gasteiger partial charge in [-0.05, 0) is 64.5 Å². The first-order valence-corrected chi connectivity index (χ1v) is 12.3. The molecule has 34 heavy (non-hydrogen) atoms. The first-order valence-electron chi connectivity index (χ1n) is 10.7. The molecule has 166 valence electrons. The molecule has 0 spiro atoms. The van der Waals surface area contributed by atoms with E-state index in [9.17, 15) is 9.59 Å². The van der Waals surface area contributed by atoms with Gasteiger partial charge in [0.2, 0.25) is 5.91 Å². The van der Waals surface area contributed by atoms with Crippen molar-refractivity contribution in [2.75, 3.05) is 10.6 Å². The maximum Gasteiger partial charge on any atom is 0.255 e. The second-order valence-electron chi connectivity index (χ2n) is 8.05. The topological polar surface area (TPSA) is 83.5 Å². The molecule has 0 aliphatic carbocycles. The quantitative estimate of drug-likeness (QED) is 0.314. The van der Waals surface area contributed by atoms with Crippen molar-refractivity contribution in [1.29, 1.82) is 0 Å². The van der Waals surface area contributed by atoms with Crippen molar-refractivity contribution in [3.8, 4) is 10.4 Å². The van der Waals surface area contributed by atoms with Crippen molar-refractivity contribution in [2.24, 2.45) is 4.99 Å². The molecule has 0 saturated carbocycles. The number of benzene rings is 3. The van der Waals surface area contributed by atoms with E-state index in [0.717, 1.165) is 31.8 Å². The molecular formula is C26H18N4O2S2. The zero-order valence-electron chi connectivity index (χ0n) is 18.1. The number of rotatable bonds is 4. The lowest BCUT2D eigenvalue weighted by molar-refractivity contribution is -0.114. The van der Waals surface area contributed by atoms with Crippen LogP contribution < -0.4 is 10.6 Å². The summed E-state index contributed by atoms with van der Waals surface area (Å²) < 4.78 is 2.10. The lowest BCUT2D eigenvalue weighted by atomic mass is 9.97. The lowest BCUT2D eigenvalue weighted by Crippen LogP contribution is -2.12. The van der Waals surface area contributed by atoms with Crippen molar-refractivity contribution in [2.45, 2.75) is 13.5 Å². The maximum atomic E-state index is 13.2. The minimum atomic E-state index is -0.184. The number of thiazole rings is 1. The van der Waals surface area contributed by atoms with Crippen molar-refractivity contribution in [3.63, 3.8) is 0 Å². The lowest BCUT2D eigenvalue weighted by Gasteiger charge is -2.11. The van der Waals surface area contributed by atoms with Gasteiger partial charge in [-0.1, -0.05) is 29.5 Å². The highest BCUT2D eigenvalue weighted by atomic mass is 32.1. The highest BCUT2D eigenvalue weighted by Crippen LogP contribution is 2.38. The number of aliphatic imine (C=N–C) groups is 1. The molecule has 0 fully saturated rings. The summed E-state index contributed by atoms with van der Waals surface area (Å²) in [6.07, 6.45) is 1.84. The van der Waals surface area contributed by atoms with E-state index in [-0.39, 0.29) is 11.8 Å². The predicted molar refractivity (Wildman–Crippen MR) is 140 cm³/mol. The normalized spacial score (nSPS) is 12.3. The summed E-state index contributed by atoms with van der Waals surface area (Å²) in [4.78, 5) is 34.5. The van der Waals surface area contributed by atoms with Gasteiger partial charge in [0.1, 0.15) is 0 Å². The van der Waals surface area contributed by atoms with E-state index in [4.69, 9.17) is 0 Å². The van der Waals surface area contributed by atoms with Gasteiger partial charge >= 0.3 is 0 Å². The second kappa shape index (κ2) is 8.16. The minimum absolute atomic E-state index is 0.165. The van der Waals surface area contributed by atoms with Crippen LogP contribution >= 0.6 is 22.7 Å². The van der Waals surface area contributed by atoms with Crippen molar-refractivity contribution >= 4 is 71.8 Å². The van der Waals surface area contributed by atoms with E-state index in [0.29, 0.717) is 22.9 Å². The van der Waals surface area contributed by atoms with Crippen molar-refractivity contribution in [3.05, 3.63) is 77.4 Å². The van der Waals surface area contributed by atoms with E-state index < -0.39 is 0 Å². The number of nitrogens with one attached hydrogen (secondary N) is 2. The van der Waals surface area contributed by atoms with Gasteiger partial charge in [-0.3, -0.25) is 14.6 Å². The third-order valence-corrected chi connectivity index (χ3v) is 7.73. The van der Waals surface area contributed by atoms with Gasteiger partial charge in [0.05, 0.1) is 16.8 Å². The van der Waals surface area contributed by atoms with Gasteiger partial charge < -0.3 is 10.6 Å². The molecule has 0 atom stereocenters. The molecule has 0 radical (unpaired) electrons. The number of amides is 2. The second-order valence-corrected chi connectivity index (χ2v) is 10.2. The molecule has 1 aliphatic rings. The van der Waals surface area contributed by atoms with Gasteiger partial charge in [0.15, 0.2) is 5.13 Å². The number of nitrogens with zero attached hydrogens (tertiary/aromatic N) is 2. The molecule has 6 nitrogen and oxygen atoms in total. The minimum Gasteiger partial charge on any atom is -0.322 e. The largest absolute Gasteiger partial charge is 0.322 e. The van der Waals surface area contributed by atoms with Crippen LogP contribution in [0.25, 0.3) is 30.7 Å². The Morgan fingerprint density at radius 2 is 1.82 bits per heavy atom. The number of hydrogen-bond acceptors (Lipinski definition) is 6. The summed E-state index contributed by atoms with van der Waals surface area (Å²) in [7, 11) is 0. The molecule has 8 heteroatoms. The van der Waals surface area contributed by atoms with Crippen molar-refractivity contribution < 1.29 is 9.59 Å². The van der Waals surface area contributed by atoms with E-state index in [1.165, 1.54) is 28.3 Å². The van der Waals surface area contributed by atoms with Crippen LogP contribution in [0.1, 0.15) is 28.4 Å². The zero-order chi connectivity index (χ0) is 23.2. The Hall–Kier alpha value is -3.88. The maximum absolute atomic E-state index is 13.2. The Labute approximate surface area is 203 Å². The number of aromatic nitrogens is 1. The summed E-state index contributed by atoms with van der Waals surface area (Å²) in [5, 5.41) is 7.45. The van der Waals surface area contributed by atoms with E-state index in [1.807, 2.05) is 48.7 Å². The molecule has 3 aromatic carbocycles. The molecule has 6 rings (SSSR count). The van der Waals surface area contributed by atoms with Crippen LogP contribution in [0.4, 0.5) is 10.8 Å². The number of thiophene rings is 1. The van der Waals surface area contributed by atoms with Crippen LogP contribution in [0.5, 0.6) is 0 Å². The SMILES string of the molecule is CC(=O)Nc1nc2ccc(NC(=O)c3cc4c(c(-c5cc6ccccc6s5)c3)CN=C4)cc2s1. The molecule has 0 bridgehead atoms. The Morgan fingerprint density at radius 3 is 2.68 bits per heavy atom. The Morgan fingerprint density at radius 1 is 0.941 bits per heavy atom. The number of anilines is 2. The van der Waals surface area contributed by atoms with Gasteiger partial charge in [0, 0.05) is 34.0 Å². The summed E-state index contributed by atoms with van der Waals surface area (Å²) >= 11 is 3.10. The Kier molecular flexibility index (Phi) is 4.97. The average molecular weight is 483 g/mol. The molecule has 2 aromatic heterocycles. The molecular weight excluding hydrogens is 464 g/mol. The van der Waals surface area contributed by atoms with Gasteiger partial charge in [0.25, 0.3) is 5.91 Å². The molecule has 3 heterocycles. The number of carbonyl (C=O) groups excluding carboxylic acids is 2. The standard InChI is InChI=1S/C26H18N4O2S2/c1-14(31)28-26-30-21-7-6-18(11-24(21)34-26)29-25(32)16-8-17-12-27-13-20(17)19(9-16)23-10-15-4-2-3-5-22(15)33-23/h2-12H,13H2,1H3,(H,29,32)(H,28,30,31). The van der Waals surface area contributed by atoms with Crippen LogP contribution in [-0.4, -0.2) is 23.0 Å². The fourth-order valence-corrected chi connectivity index (χ4v) is 6.15. The third kappa shape index (κ3) is 3.76. The zero-order valence-corrected chi connectivity index (χ0v) is 19.7. The smallest absolute Gasteiger partial charge is 0.255 e. The van der Waals surface area contributed by atoms with Crippen LogP contribution in [0, 0.1) is 0 Å². The monoisotopic (exact) mass is 482 g/mol. The number of hydrogen-bond donors (Lipinski definition) is 2. The number of fused-ring (bicyclic) bond motifs is 3. The van der Waals surface area contributed by atoms with E-state index in [1.54, 1.807) is 11.3 Å². The Balaban J connectivity index is 1.33. The summed E-state index contributed by atoms with van der Waals surface area (Å²) in [6.45, 7) is 2.08. The highest BCUT2D eigenvalue weighted by Gasteiger charge is 2.19.